The highest BCUT2D eigenvalue weighted by atomic mass is 79.9. The second kappa shape index (κ2) is 5.81. The Morgan fingerprint density at radius 2 is 2.05 bits per heavy atom. The van der Waals surface area contributed by atoms with Crippen molar-refractivity contribution < 1.29 is 9.13 Å². The van der Waals surface area contributed by atoms with Gasteiger partial charge in [-0.1, -0.05) is 0 Å². The summed E-state index contributed by atoms with van der Waals surface area (Å²) < 4.78 is 18.8. The molecule has 4 N–H and O–H groups in total. The van der Waals surface area contributed by atoms with Crippen LogP contribution in [0.5, 0.6) is 5.75 Å². The van der Waals surface area contributed by atoms with Crippen LogP contribution in [0.4, 0.5) is 21.7 Å². The Morgan fingerprint density at radius 1 is 1.32 bits per heavy atom. The normalized spacial score (nSPS) is 10.1. The Bertz CT molecular complexity index is 595. The average Bonchev–Trinajstić information content (AvgIpc) is 2.42. The predicted octanol–water partition coefficient (Wildman–Crippen LogP) is 2.42. The van der Waals surface area contributed by atoms with Crippen LogP contribution in [0.1, 0.15) is 0 Å². The van der Waals surface area contributed by atoms with Crippen LogP contribution in [0.15, 0.2) is 29.0 Å². The largest absolute Gasteiger partial charge is 0.494 e. The number of rotatable bonds is 4. The van der Waals surface area contributed by atoms with Crippen LogP contribution in [0.25, 0.3) is 0 Å². The fraction of sp³-hybridized carbons (Fsp3) is 0.0909. The van der Waals surface area contributed by atoms with Crippen molar-refractivity contribution in [1.82, 2.24) is 9.97 Å². The zero-order valence-corrected chi connectivity index (χ0v) is 11.5. The molecule has 1 aromatic heterocycles. The van der Waals surface area contributed by atoms with Gasteiger partial charge in [0.15, 0.2) is 5.82 Å². The summed E-state index contributed by atoms with van der Waals surface area (Å²) in [5, 5.41) is 3.01. The smallest absolute Gasteiger partial charge is 0.159 e. The molecule has 6 nitrogen and oxygen atoms in total. The summed E-state index contributed by atoms with van der Waals surface area (Å²) in [5.41, 5.74) is 3.01. The lowest BCUT2D eigenvalue weighted by Crippen LogP contribution is -2.10. The van der Waals surface area contributed by atoms with Gasteiger partial charge in [-0.05, 0) is 28.1 Å². The van der Waals surface area contributed by atoms with Crippen LogP contribution >= 0.6 is 15.9 Å². The van der Waals surface area contributed by atoms with Gasteiger partial charge in [0.05, 0.1) is 12.8 Å². The molecule has 19 heavy (non-hydrogen) atoms. The van der Waals surface area contributed by atoms with Gasteiger partial charge in [-0.2, -0.15) is 0 Å². The lowest BCUT2D eigenvalue weighted by atomic mass is 10.3. The molecular weight excluding hydrogens is 317 g/mol. The Kier molecular flexibility index (Phi) is 4.13. The third-order valence-electron chi connectivity index (χ3n) is 2.34. The number of nitrogens with two attached hydrogens (primary N) is 1. The minimum Gasteiger partial charge on any atom is -0.494 e. The molecule has 0 amide bonds. The summed E-state index contributed by atoms with van der Waals surface area (Å²) in [6.07, 6.45) is 1.35. The fourth-order valence-electron chi connectivity index (χ4n) is 1.45. The molecular formula is C11H11BrFN5O. The Morgan fingerprint density at radius 3 is 2.74 bits per heavy atom. The quantitative estimate of drug-likeness (QED) is 0.590. The predicted molar refractivity (Wildman–Crippen MR) is 73.8 cm³/mol. The zero-order valence-electron chi connectivity index (χ0n) is 9.95. The van der Waals surface area contributed by atoms with Gasteiger partial charge in [0, 0.05) is 6.07 Å². The highest BCUT2D eigenvalue weighted by Gasteiger charge is 2.11. The molecule has 100 valence electrons. The number of aromatic nitrogens is 2. The summed E-state index contributed by atoms with van der Waals surface area (Å²) >= 11 is 3.31. The maximum absolute atomic E-state index is 13.1. The van der Waals surface area contributed by atoms with E-state index >= 15 is 0 Å². The number of ether oxygens (including phenoxy) is 1. The van der Waals surface area contributed by atoms with Crippen LogP contribution in [0, 0.1) is 5.82 Å². The Labute approximate surface area is 117 Å². The van der Waals surface area contributed by atoms with E-state index in [0.29, 0.717) is 27.5 Å². The number of hydrogen-bond acceptors (Lipinski definition) is 6. The van der Waals surface area contributed by atoms with E-state index in [1.165, 1.54) is 25.6 Å². The first-order valence-corrected chi connectivity index (χ1v) is 6.02. The molecule has 0 aliphatic carbocycles. The Hall–Kier alpha value is -1.93. The van der Waals surface area contributed by atoms with Gasteiger partial charge < -0.3 is 15.5 Å². The maximum atomic E-state index is 13.1. The van der Waals surface area contributed by atoms with Crippen molar-refractivity contribution in [3.63, 3.8) is 0 Å². The summed E-state index contributed by atoms with van der Waals surface area (Å²) in [6, 6.07) is 4.15. The van der Waals surface area contributed by atoms with Gasteiger partial charge in [-0.25, -0.2) is 20.2 Å². The van der Waals surface area contributed by atoms with Crippen molar-refractivity contribution in [2.45, 2.75) is 0 Å². The van der Waals surface area contributed by atoms with Crippen LogP contribution in [-0.2, 0) is 0 Å². The van der Waals surface area contributed by atoms with Crippen molar-refractivity contribution in [1.29, 1.82) is 0 Å². The molecule has 8 heteroatoms. The lowest BCUT2D eigenvalue weighted by molar-refractivity contribution is 0.413. The van der Waals surface area contributed by atoms with E-state index in [4.69, 9.17) is 10.6 Å². The van der Waals surface area contributed by atoms with Crippen LogP contribution in [0.2, 0.25) is 0 Å². The number of methoxy groups -OCH3 is 1. The molecule has 1 heterocycles. The molecule has 0 spiro atoms. The number of benzene rings is 1. The molecule has 0 aliphatic rings. The molecule has 0 saturated carbocycles. The van der Waals surface area contributed by atoms with Gasteiger partial charge in [0.1, 0.15) is 28.2 Å². The summed E-state index contributed by atoms with van der Waals surface area (Å²) in [5.74, 6) is 6.21. The van der Waals surface area contributed by atoms with Crippen molar-refractivity contribution >= 4 is 33.3 Å². The second-order valence-corrected chi connectivity index (χ2v) is 4.29. The van der Waals surface area contributed by atoms with Gasteiger partial charge in [-0.3, -0.25) is 0 Å². The first-order chi connectivity index (χ1) is 9.15. The zero-order chi connectivity index (χ0) is 13.8. The summed E-state index contributed by atoms with van der Waals surface area (Å²) in [7, 11) is 1.46. The minimum atomic E-state index is -0.381. The third-order valence-corrected chi connectivity index (χ3v) is 3.09. The van der Waals surface area contributed by atoms with E-state index < -0.39 is 0 Å². The molecule has 0 saturated heterocycles. The van der Waals surface area contributed by atoms with Crippen molar-refractivity contribution in [2.75, 3.05) is 17.9 Å². The lowest BCUT2D eigenvalue weighted by Gasteiger charge is -2.12. The SMILES string of the molecule is COc1cc(F)ccc1Nc1ncnc(NN)c1Br. The molecule has 0 radical (unpaired) electrons. The molecule has 1 aromatic carbocycles. The molecule has 2 aromatic rings. The van der Waals surface area contributed by atoms with E-state index in [0.717, 1.165) is 0 Å². The fourth-order valence-corrected chi connectivity index (χ4v) is 1.87. The highest BCUT2D eigenvalue weighted by molar-refractivity contribution is 9.10. The first kappa shape index (κ1) is 13.5. The standard InChI is InChI=1S/C11H11BrFN5O/c1-19-8-4-6(13)2-3-7(8)17-10-9(12)11(18-14)16-5-15-10/h2-5H,14H2,1H3,(H2,15,16,17,18). The van der Waals surface area contributed by atoms with Gasteiger partial charge in [0.2, 0.25) is 0 Å². The number of nitrogens with one attached hydrogen (secondary N) is 2. The van der Waals surface area contributed by atoms with E-state index in [-0.39, 0.29) is 5.82 Å². The molecule has 0 atom stereocenters. The number of nitrogens with zero attached hydrogens (tertiary/aromatic N) is 2. The third kappa shape index (κ3) is 2.91. The van der Waals surface area contributed by atoms with E-state index in [9.17, 15) is 4.39 Å². The molecule has 0 aliphatic heterocycles. The van der Waals surface area contributed by atoms with Crippen LogP contribution in [0.3, 0.4) is 0 Å². The van der Waals surface area contributed by atoms with Gasteiger partial charge >= 0.3 is 0 Å². The van der Waals surface area contributed by atoms with E-state index in [1.807, 2.05) is 0 Å². The molecule has 2 rings (SSSR count). The summed E-state index contributed by atoms with van der Waals surface area (Å²) in [4.78, 5) is 8.00. The van der Waals surface area contributed by atoms with Crippen molar-refractivity contribution in [3.8, 4) is 5.75 Å². The van der Waals surface area contributed by atoms with Crippen molar-refractivity contribution in [3.05, 3.63) is 34.8 Å². The summed E-state index contributed by atoms with van der Waals surface area (Å²) in [6.45, 7) is 0. The first-order valence-electron chi connectivity index (χ1n) is 5.23. The van der Waals surface area contributed by atoms with Crippen molar-refractivity contribution in [2.24, 2.45) is 5.84 Å². The maximum Gasteiger partial charge on any atom is 0.159 e. The van der Waals surface area contributed by atoms with E-state index in [2.05, 4.69) is 36.6 Å². The number of halogens is 2. The van der Waals surface area contributed by atoms with Crippen LogP contribution < -0.4 is 21.3 Å². The topological polar surface area (TPSA) is 85.1 Å². The number of nitrogen functional groups attached to an aromatic ring is 1. The molecule has 0 fully saturated rings. The Balaban J connectivity index is 2.36. The van der Waals surface area contributed by atoms with Gasteiger partial charge in [0.25, 0.3) is 0 Å². The molecule has 0 bridgehead atoms. The number of anilines is 3. The molecule has 0 unspecified atom stereocenters. The minimum absolute atomic E-state index is 0.368. The highest BCUT2D eigenvalue weighted by Crippen LogP contribution is 2.32. The van der Waals surface area contributed by atoms with E-state index in [1.54, 1.807) is 6.07 Å². The number of hydrazine groups is 1. The second-order valence-electron chi connectivity index (χ2n) is 3.50. The van der Waals surface area contributed by atoms with Gasteiger partial charge in [-0.15, -0.1) is 0 Å². The average molecular weight is 328 g/mol. The monoisotopic (exact) mass is 327 g/mol. The number of hydrogen-bond donors (Lipinski definition) is 3. The van der Waals surface area contributed by atoms with Crippen LogP contribution in [-0.4, -0.2) is 17.1 Å².